The van der Waals surface area contributed by atoms with Gasteiger partial charge in [-0.1, -0.05) is 42.5 Å². The number of carbonyl (C=O) groups excluding carboxylic acids is 1. The van der Waals surface area contributed by atoms with Crippen molar-refractivity contribution < 1.29 is 9.90 Å². The summed E-state index contributed by atoms with van der Waals surface area (Å²) in [6, 6.07) is 16.7. The number of anilines is 1. The van der Waals surface area contributed by atoms with E-state index >= 15 is 0 Å². The van der Waals surface area contributed by atoms with Gasteiger partial charge in [-0.3, -0.25) is 0 Å². The summed E-state index contributed by atoms with van der Waals surface area (Å²) in [5.41, 5.74) is 2.70. The average molecular weight is 298 g/mol. The molecule has 0 aromatic heterocycles. The van der Waals surface area contributed by atoms with Gasteiger partial charge >= 0.3 is 6.03 Å². The number of rotatable bonds is 5. The van der Waals surface area contributed by atoms with Crippen LogP contribution < -0.4 is 10.6 Å². The van der Waals surface area contributed by atoms with Crippen LogP contribution in [0, 0.1) is 6.92 Å². The molecule has 22 heavy (non-hydrogen) atoms. The van der Waals surface area contributed by atoms with Crippen LogP contribution in [0.4, 0.5) is 10.5 Å². The molecule has 0 heterocycles. The van der Waals surface area contributed by atoms with E-state index in [1.807, 2.05) is 68.4 Å². The van der Waals surface area contributed by atoms with E-state index in [2.05, 4.69) is 10.6 Å². The Morgan fingerprint density at radius 1 is 1.14 bits per heavy atom. The molecule has 0 bridgehead atoms. The minimum atomic E-state index is -0.588. The molecular formula is C18H22N2O2. The number of carbonyl (C=O) groups is 1. The topological polar surface area (TPSA) is 61.4 Å². The van der Waals surface area contributed by atoms with Crippen molar-refractivity contribution in [2.24, 2.45) is 0 Å². The molecule has 0 aliphatic heterocycles. The van der Waals surface area contributed by atoms with E-state index in [-0.39, 0.29) is 12.1 Å². The van der Waals surface area contributed by atoms with Crippen LogP contribution in [0.15, 0.2) is 54.6 Å². The summed E-state index contributed by atoms with van der Waals surface area (Å²) >= 11 is 0. The molecule has 0 aliphatic carbocycles. The highest BCUT2D eigenvalue weighted by molar-refractivity contribution is 5.89. The Labute approximate surface area is 131 Å². The fourth-order valence-corrected chi connectivity index (χ4v) is 2.32. The Balaban J connectivity index is 1.83. The van der Waals surface area contributed by atoms with E-state index < -0.39 is 6.10 Å². The van der Waals surface area contributed by atoms with Crippen molar-refractivity contribution in [3.63, 3.8) is 0 Å². The monoisotopic (exact) mass is 298 g/mol. The fraction of sp³-hybridized carbons (Fsp3) is 0.278. The number of amides is 2. The first-order chi connectivity index (χ1) is 10.5. The lowest BCUT2D eigenvalue weighted by Crippen LogP contribution is -2.37. The smallest absolute Gasteiger partial charge is 0.319 e. The highest BCUT2D eigenvalue weighted by Crippen LogP contribution is 2.17. The number of urea groups is 1. The number of nitrogens with one attached hydrogen (secondary N) is 2. The summed E-state index contributed by atoms with van der Waals surface area (Å²) in [7, 11) is 0. The molecular weight excluding hydrogens is 276 g/mol. The molecule has 2 rings (SSSR count). The summed E-state index contributed by atoms with van der Waals surface area (Å²) in [6.45, 7) is 3.85. The Bertz CT molecular complexity index is 613. The van der Waals surface area contributed by atoms with Gasteiger partial charge in [0.05, 0.1) is 6.10 Å². The number of aryl methyl sites for hydroxylation is 1. The molecule has 2 amide bonds. The van der Waals surface area contributed by atoms with Crippen molar-refractivity contribution in [2.45, 2.75) is 32.4 Å². The van der Waals surface area contributed by atoms with Crippen molar-refractivity contribution in [1.82, 2.24) is 5.32 Å². The third kappa shape index (κ3) is 4.90. The maximum absolute atomic E-state index is 11.9. The standard InChI is InChI=1S/C18H22N2O2/c1-13-7-6-10-16(11-13)20-18(22)19-14(2)12-17(21)15-8-4-3-5-9-15/h3-11,14,17,21H,12H2,1-2H3,(H2,19,20,22). The van der Waals surface area contributed by atoms with E-state index in [1.54, 1.807) is 0 Å². The lowest BCUT2D eigenvalue weighted by atomic mass is 10.0. The van der Waals surface area contributed by atoms with Crippen LogP contribution in [0.2, 0.25) is 0 Å². The molecule has 2 unspecified atom stereocenters. The molecule has 0 saturated heterocycles. The molecule has 3 N–H and O–H groups in total. The van der Waals surface area contributed by atoms with Gasteiger partial charge in [0.15, 0.2) is 0 Å². The molecule has 2 aromatic rings. The van der Waals surface area contributed by atoms with Gasteiger partial charge in [0, 0.05) is 11.7 Å². The van der Waals surface area contributed by atoms with Gasteiger partial charge < -0.3 is 15.7 Å². The Morgan fingerprint density at radius 2 is 1.86 bits per heavy atom. The lowest BCUT2D eigenvalue weighted by molar-refractivity contribution is 0.155. The predicted octanol–water partition coefficient (Wildman–Crippen LogP) is 3.63. The molecule has 0 aliphatic rings. The zero-order chi connectivity index (χ0) is 15.9. The van der Waals surface area contributed by atoms with E-state index in [0.717, 1.165) is 16.8 Å². The average Bonchev–Trinajstić information content (AvgIpc) is 2.47. The molecule has 4 heteroatoms. The lowest BCUT2D eigenvalue weighted by Gasteiger charge is -2.18. The second kappa shape index (κ2) is 7.61. The zero-order valence-corrected chi connectivity index (χ0v) is 12.9. The fourth-order valence-electron chi connectivity index (χ4n) is 2.32. The number of benzene rings is 2. The Morgan fingerprint density at radius 3 is 2.55 bits per heavy atom. The quantitative estimate of drug-likeness (QED) is 0.789. The summed E-state index contributed by atoms with van der Waals surface area (Å²) in [6.07, 6.45) is -0.124. The van der Waals surface area contributed by atoms with E-state index in [1.165, 1.54) is 0 Å². The second-order valence-electron chi connectivity index (χ2n) is 5.53. The molecule has 116 valence electrons. The molecule has 2 aromatic carbocycles. The highest BCUT2D eigenvalue weighted by atomic mass is 16.3. The number of hydrogen-bond donors (Lipinski definition) is 3. The molecule has 0 saturated carbocycles. The predicted molar refractivity (Wildman–Crippen MR) is 88.8 cm³/mol. The molecule has 4 nitrogen and oxygen atoms in total. The number of aliphatic hydroxyl groups excluding tert-OH is 1. The first kappa shape index (κ1) is 16.0. The summed E-state index contributed by atoms with van der Waals surface area (Å²) in [5.74, 6) is 0. The SMILES string of the molecule is Cc1cccc(NC(=O)NC(C)CC(O)c2ccccc2)c1. The van der Waals surface area contributed by atoms with Crippen LogP contribution in [0.25, 0.3) is 0 Å². The molecule has 2 atom stereocenters. The van der Waals surface area contributed by atoms with Crippen molar-refractivity contribution in [2.75, 3.05) is 5.32 Å². The third-order valence-electron chi connectivity index (χ3n) is 3.41. The first-order valence-electron chi connectivity index (χ1n) is 7.42. The summed E-state index contributed by atoms with van der Waals surface area (Å²) < 4.78 is 0. The van der Waals surface area contributed by atoms with Crippen molar-refractivity contribution in [1.29, 1.82) is 0 Å². The maximum atomic E-state index is 11.9. The minimum absolute atomic E-state index is 0.139. The molecule has 0 spiro atoms. The van der Waals surface area contributed by atoms with Crippen LogP contribution in [-0.4, -0.2) is 17.2 Å². The van der Waals surface area contributed by atoms with Crippen LogP contribution in [-0.2, 0) is 0 Å². The van der Waals surface area contributed by atoms with E-state index in [0.29, 0.717) is 6.42 Å². The van der Waals surface area contributed by atoms with Crippen LogP contribution in [0.3, 0.4) is 0 Å². The Kier molecular flexibility index (Phi) is 5.55. The number of hydrogen-bond acceptors (Lipinski definition) is 2. The number of aliphatic hydroxyl groups is 1. The Hall–Kier alpha value is -2.33. The van der Waals surface area contributed by atoms with Crippen molar-refractivity contribution in [3.05, 3.63) is 65.7 Å². The van der Waals surface area contributed by atoms with Gasteiger partial charge in [0.1, 0.15) is 0 Å². The van der Waals surface area contributed by atoms with Gasteiger partial charge in [0.2, 0.25) is 0 Å². The normalized spacial score (nSPS) is 13.2. The molecule has 0 radical (unpaired) electrons. The van der Waals surface area contributed by atoms with Gasteiger partial charge in [-0.25, -0.2) is 4.79 Å². The van der Waals surface area contributed by atoms with Gasteiger partial charge in [0.25, 0.3) is 0 Å². The molecule has 0 fully saturated rings. The minimum Gasteiger partial charge on any atom is -0.388 e. The van der Waals surface area contributed by atoms with Gasteiger partial charge in [-0.05, 0) is 43.5 Å². The van der Waals surface area contributed by atoms with Crippen LogP contribution in [0.1, 0.15) is 30.6 Å². The van der Waals surface area contributed by atoms with Crippen molar-refractivity contribution in [3.8, 4) is 0 Å². The van der Waals surface area contributed by atoms with E-state index in [4.69, 9.17) is 0 Å². The maximum Gasteiger partial charge on any atom is 0.319 e. The summed E-state index contributed by atoms with van der Waals surface area (Å²) in [5, 5.41) is 15.8. The zero-order valence-electron chi connectivity index (χ0n) is 12.9. The second-order valence-corrected chi connectivity index (χ2v) is 5.53. The van der Waals surface area contributed by atoms with Gasteiger partial charge in [-0.2, -0.15) is 0 Å². The van der Waals surface area contributed by atoms with Crippen LogP contribution >= 0.6 is 0 Å². The third-order valence-corrected chi connectivity index (χ3v) is 3.41. The first-order valence-corrected chi connectivity index (χ1v) is 7.42. The van der Waals surface area contributed by atoms with Crippen LogP contribution in [0.5, 0.6) is 0 Å². The van der Waals surface area contributed by atoms with Crippen molar-refractivity contribution >= 4 is 11.7 Å². The van der Waals surface area contributed by atoms with Gasteiger partial charge in [-0.15, -0.1) is 0 Å². The van der Waals surface area contributed by atoms with E-state index in [9.17, 15) is 9.90 Å². The summed E-state index contributed by atoms with van der Waals surface area (Å²) in [4.78, 5) is 11.9. The highest BCUT2D eigenvalue weighted by Gasteiger charge is 2.14. The largest absolute Gasteiger partial charge is 0.388 e.